The Kier molecular flexibility index (Phi) is 2.37. The zero-order chi connectivity index (χ0) is 9.97. The Bertz CT molecular complexity index is 433. The average Bonchev–Trinajstić information content (AvgIpc) is 2.54. The van der Waals surface area contributed by atoms with Gasteiger partial charge in [0.25, 0.3) is 0 Å². The van der Waals surface area contributed by atoms with Crippen LogP contribution in [-0.4, -0.2) is 23.7 Å². The van der Waals surface area contributed by atoms with E-state index in [-0.39, 0.29) is 0 Å². The van der Waals surface area contributed by atoms with Gasteiger partial charge in [-0.25, -0.2) is 4.98 Å². The number of aromatic nitrogens is 2. The van der Waals surface area contributed by atoms with E-state index in [1.807, 2.05) is 26.1 Å². The number of aryl methyl sites for hydroxylation is 1. The van der Waals surface area contributed by atoms with E-state index in [2.05, 4.69) is 26.7 Å². The molecule has 0 saturated carbocycles. The van der Waals surface area contributed by atoms with Gasteiger partial charge in [-0.2, -0.15) is 0 Å². The van der Waals surface area contributed by atoms with Gasteiger partial charge in [-0.3, -0.25) is 0 Å². The summed E-state index contributed by atoms with van der Waals surface area (Å²) in [4.78, 5) is 7.54. The fourth-order valence-electron chi connectivity index (χ4n) is 1.44. The van der Waals surface area contributed by atoms with E-state index in [0.29, 0.717) is 0 Å². The molecule has 0 aliphatic heterocycles. The maximum absolute atomic E-state index is 4.34. The number of imidazole rings is 1. The zero-order valence-electron chi connectivity index (χ0n) is 8.39. The molecule has 0 saturated heterocycles. The first-order valence-electron chi connectivity index (χ1n) is 4.64. The van der Waals surface area contributed by atoms with Gasteiger partial charge in [0.2, 0.25) is 0 Å². The first-order chi connectivity index (χ1) is 6.79. The van der Waals surface area contributed by atoms with Gasteiger partial charge in [-0.1, -0.05) is 0 Å². The summed E-state index contributed by atoms with van der Waals surface area (Å²) >= 11 is 0. The largest absolute Gasteiger partial charge is 0.372 e. The quantitative estimate of drug-likeness (QED) is 0.642. The topological polar surface area (TPSA) is 52.7 Å². The SMILES string of the molecule is CNCNc1ccc2nc(C)[nH]c2c1. The van der Waals surface area contributed by atoms with Crippen LogP contribution in [-0.2, 0) is 0 Å². The Morgan fingerprint density at radius 2 is 2.29 bits per heavy atom. The van der Waals surface area contributed by atoms with Crippen LogP contribution in [0.25, 0.3) is 11.0 Å². The maximum atomic E-state index is 4.34. The van der Waals surface area contributed by atoms with Crippen LogP contribution in [0.3, 0.4) is 0 Å². The third-order valence-electron chi connectivity index (χ3n) is 2.07. The number of aromatic amines is 1. The Morgan fingerprint density at radius 3 is 3.07 bits per heavy atom. The smallest absolute Gasteiger partial charge is 0.104 e. The Morgan fingerprint density at radius 1 is 1.43 bits per heavy atom. The van der Waals surface area contributed by atoms with E-state index in [4.69, 9.17) is 0 Å². The number of fused-ring (bicyclic) bond motifs is 1. The van der Waals surface area contributed by atoms with Crippen LogP contribution in [0.1, 0.15) is 5.82 Å². The lowest BCUT2D eigenvalue weighted by atomic mass is 10.3. The van der Waals surface area contributed by atoms with Crippen molar-refractivity contribution in [3.05, 3.63) is 24.0 Å². The first-order valence-corrected chi connectivity index (χ1v) is 4.64. The van der Waals surface area contributed by atoms with Gasteiger partial charge in [0.15, 0.2) is 0 Å². The van der Waals surface area contributed by atoms with Crippen molar-refractivity contribution >= 4 is 16.7 Å². The third-order valence-corrected chi connectivity index (χ3v) is 2.07. The fraction of sp³-hybridized carbons (Fsp3) is 0.300. The second kappa shape index (κ2) is 3.67. The summed E-state index contributed by atoms with van der Waals surface area (Å²) in [6.45, 7) is 2.72. The van der Waals surface area contributed by atoms with Gasteiger partial charge in [-0.15, -0.1) is 0 Å². The minimum absolute atomic E-state index is 0.763. The van der Waals surface area contributed by atoms with Crippen LogP contribution in [0.4, 0.5) is 5.69 Å². The molecule has 4 nitrogen and oxygen atoms in total. The van der Waals surface area contributed by atoms with Crippen molar-refractivity contribution < 1.29 is 0 Å². The van der Waals surface area contributed by atoms with Crippen LogP contribution in [0.15, 0.2) is 18.2 Å². The zero-order valence-corrected chi connectivity index (χ0v) is 8.39. The number of hydrogen-bond donors (Lipinski definition) is 3. The minimum Gasteiger partial charge on any atom is -0.372 e. The predicted molar refractivity (Wildman–Crippen MR) is 58.4 cm³/mol. The molecule has 74 valence electrons. The van der Waals surface area contributed by atoms with Crippen LogP contribution in [0.2, 0.25) is 0 Å². The first kappa shape index (κ1) is 9.02. The third kappa shape index (κ3) is 1.70. The molecule has 3 N–H and O–H groups in total. The Balaban J connectivity index is 2.31. The molecule has 1 aromatic heterocycles. The van der Waals surface area contributed by atoms with Crippen molar-refractivity contribution in [2.24, 2.45) is 0 Å². The van der Waals surface area contributed by atoms with E-state index in [1.54, 1.807) is 0 Å². The van der Waals surface area contributed by atoms with Gasteiger partial charge < -0.3 is 15.6 Å². The molecule has 2 rings (SSSR count). The van der Waals surface area contributed by atoms with Gasteiger partial charge >= 0.3 is 0 Å². The lowest BCUT2D eigenvalue weighted by molar-refractivity contribution is 0.875. The second-order valence-electron chi connectivity index (χ2n) is 3.26. The fourth-order valence-corrected chi connectivity index (χ4v) is 1.44. The number of nitrogens with one attached hydrogen (secondary N) is 3. The number of H-pyrrole nitrogens is 1. The van der Waals surface area contributed by atoms with Crippen molar-refractivity contribution in [1.82, 2.24) is 15.3 Å². The molecule has 14 heavy (non-hydrogen) atoms. The molecule has 1 aromatic carbocycles. The van der Waals surface area contributed by atoms with Crippen molar-refractivity contribution in [3.8, 4) is 0 Å². The summed E-state index contributed by atoms with van der Waals surface area (Å²) in [5, 5.41) is 6.27. The summed E-state index contributed by atoms with van der Waals surface area (Å²) in [5.41, 5.74) is 3.18. The minimum atomic E-state index is 0.763. The van der Waals surface area contributed by atoms with Crippen molar-refractivity contribution in [2.45, 2.75) is 6.92 Å². The molecule has 0 bridgehead atoms. The molecular weight excluding hydrogens is 176 g/mol. The van der Waals surface area contributed by atoms with E-state index in [1.165, 1.54) is 0 Å². The molecule has 0 unspecified atom stereocenters. The lowest BCUT2D eigenvalue weighted by Gasteiger charge is -2.04. The van der Waals surface area contributed by atoms with Crippen LogP contribution >= 0.6 is 0 Å². The van der Waals surface area contributed by atoms with Crippen molar-refractivity contribution in [2.75, 3.05) is 19.0 Å². The van der Waals surface area contributed by atoms with Crippen LogP contribution in [0, 0.1) is 6.92 Å². The maximum Gasteiger partial charge on any atom is 0.104 e. The molecule has 0 fully saturated rings. The molecule has 0 spiro atoms. The highest BCUT2D eigenvalue weighted by molar-refractivity contribution is 5.79. The monoisotopic (exact) mass is 190 g/mol. The Labute approximate surface area is 82.7 Å². The molecule has 2 aromatic rings. The summed E-state index contributed by atoms with van der Waals surface area (Å²) in [7, 11) is 1.91. The standard InChI is InChI=1S/C10H14N4/c1-7-13-9-4-3-8(12-6-11-2)5-10(9)14-7/h3-5,11-12H,6H2,1-2H3,(H,13,14). The number of anilines is 1. The highest BCUT2D eigenvalue weighted by Crippen LogP contribution is 2.16. The Hall–Kier alpha value is -1.55. The van der Waals surface area contributed by atoms with E-state index < -0.39 is 0 Å². The van der Waals surface area contributed by atoms with Crippen molar-refractivity contribution in [1.29, 1.82) is 0 Å². The molecule has 0 aliphatic rings. The number of rotatable bonds is 3. The van der Waals surface area contributed by atoms with Gasteiger partial charge in [0.1, 0.15) is 5.82 Å². The summed E-state index contributed by atoms with van der Waals surface area (Å²) in [6, 6.07) is 6.10. The molecule has 0 atom stereocenters. The lowest BCUT2D eigenvalue weighted by Crippen LogP contribution is -2.16. The highest BCUT2D eigenvalue weighted by atomic mass is 15.0. The highest BCUT2D eigenvalue weighted by Gasteiger charge is 1.99. The molecule has 4 heteroatoms. The second-order valence-corrected chi connectivity index (χ2v) is 3.26. The van der Waals surface area contributed by atoms with Gasteiger partial charge in [-0.05, 0) is 32.2 Å². The summed E-state index contributed by atoms with van der Waals surface area (Å²) in [5.74, 6) is 0.950. The molecular formula is C10H14N4. The predicted octanol–water partition coefficient (Wildman–Crippen LogP) is 1.46. The molecule has 0 amide bonds. The van der Waals surface area contributed by atoms with Crippen LogP contribution < -0.4 is 10.6 Å². The number of hydrogen-bond acceptors (Lipinski definition) is 3. The summed E-state index contributed by atoms with van der Waals surface area (Å²) < 4.78 is 0. The molecule has 0 aliphatic carbocycles. The number of benzene rings is 1. The molecule has 0 radical (unpaired) electrons. The summed E-state index contributed by atoms with van der Waals surface area (Å²) in [6.07, 6.45) is 0. The van der Waals surface area contributed by atoms with E-state index in [9.17, 15) is 0 Å². The van der Waals surface area contributed by atoms with Gasteiger partial charge in [0.05, 0.1) is 17.7 Å². The molecule has 1 heterocycles. The number of nitrogens with zero attached hydrogens (tertiary/aromatic N) is 1. The average molecular weight is 190 g/mol. The normalized spacial score (nSPS) is 10.7. The van der Waals surface area contributed by atoms with Crippen molar-refractivity contribution in [3.63, 3.8) is 0 Å². The van der Waals surface area contributed by atoms with E-state index in [0.717, 1.165) is 29.2 Å². The van der Waals surface area contributed by atoms with Gasteiger partial charge in [0, 0.05) is 5.69 Å². The van der Waals surface area contributed by atoms with Crippen LogP contribution in [0.5, 0.6) is 0 Å². The van der Waals surface area contributed by atoms with E-state index >= 15 is 0 Å².